The Morgan fingerprint density at radius 3 is 2.10 bits per heavy atom. The second-order valence-electron chi connectivity index (χ2n) is 6.95. The fourth-order valence-corrected chi connectivity index (χ4v) is 1.61. The van der Waals surface area contributed by atoms with Gasteiger partial charge in [0.15, 0.2) is 0 Å². The van der Waals surface area contributed by atoms with Crippen LogP contribution < -0.4 is 4.74 Å². The lowest BCUT2D eigenvalue weighted by atomic mass is 9.94. The minimum atomic E-state index is -0.221. The van der Waals surface area contributed by atoms with E-state index in [4.69, 9.17) is 9.47 Å². The van der Waals surface area contributed by atoms with Crippen LogP contribution in [0.15, 0.2) is 24.3 Å². The fourth-order valence-electron chi connectivity index (χ4n) is 1.61. The number of aliphatic hydroxyl groups excluding tert-OH is 1. The Hall–Kier alpha value is -1.39. The number of aldehydes is 1. The summed E-state index contributed by atoms with van der Waals surface area (Å²) in [5.41, 5.74) is 0.285. The monoisotopic (exact) mass is 294 g/mol. The van der Waals surface area contributed by atoms with Gasteiger partial charge in [0.25, 0.3) is 0 Å². The highest BCUT2D eigenvalue weighted by Crippen LogP contribution is 2.21. The second-order valence-corrected chi connectivity index (χ2v) is 6.95. The third kappa shape index (κ3) is 6.74. The van der Waals surface area contributed by atoms with E-state index in [0.29, 0.717) is 25.4 Å². The van der Waals surface area contributed by atoms with Gasteiger partial charge < -0.3 is 14.6 Å². The van der Waals surface area contributed by atoms with Gasteiger partial charge in [-0.2, -0.15) is 0 Å². The van der Waals surface area contributed by atoms with E-state index in [1.807, 2.05) is 13.8 Å². The van der Waals surface area contributed by atoms with Crippen LogP contribution in [0.5, 0.6) is 5.75 Å². The Bertz CT molecular complexity index is 435. The summed E-state index contributed by atoms with van der Waals surface area (Å²) in [5.74, 6) is 0.740. The van der Waals surface area contributed by atoms with Gasteiger partial charge in [0, 0.05) is 16.4 Å². The molecule has 0 aromatic heterocycles. The van der Waals surface area contributed by atoms with Crippen molar-refractivity contribution < 1.29 is 19.4 Å². The Morgan fingerprint density at radius 2 is 1.57 bits per heavy atom. The van der Waals surface area contributed by atoms with Crippen molar-refractivity contribution in [1.29, 1.82) is 0 Å². The molecule has 0 unspecified atom stereocenters. The molecule has 0 heterocycles. The number of hydrogen-bond acceptors (Lipinski definition) is 4. The number of hydrogen-bond donors (Lipinski definition) is 1. The molecule has 0 saturated heterocycles. The van der Waals surface area contributed by atoms with Crippen LogP contribution in [0.1, 0.15) is 38.1 Å². The smallest absolute Gasteiger partial charge is 0.150 e. The molecule has 1 rings (SSSR count). The normalized spacial score (nSPS) is 12.2. The lowest BCUT2D eigenvalue weighted by molar-refractivity contribution is -0.0174. The molecule has 0 spiro atoms. The summed E-state index contributed by atoms with van der Waals surface area (Å²) in [6, 6.07) is 7.04. The molecule has 1 aromatic carbocycles. The average Bonchev–Trinajstić information content (AvgIpc) is 2.45. The molecule has 0 bridgehead atoms. The van der Waals surface area contributed by atoms with Crippen molar-refractivity contribution in [3.05, 3.63) is 29.8 Å². The van der Waals surface area contributed by atoms with Crippen LogP contribution in [-0.4, -0.2) is 37.8 Å². The average molecular weight is 294 g/mol. The Kier molecular flexibility index (Phi) is 6.37. The number of carbonyl (C=O) groups excluding carboxylic acids is 1. The summed E-state index contributed by atoms with van der Waals surface area (Å²) in [5, 5.41) is 9.19. The molecule has 0 fully saturated rings. The van der Waals surface area contributed by atoms with Crippen molar-refractivity contribution in [3.63, 3.8) is 0 Å². The van der Waals surface area contributed by atoms with E-state index in [1.54, 1.807) is 24.3 Å². The van der Waals surface area contributed by atoms with E-state index in [0.717, 1.165) is 12.0 Å². The van der Waals surface area contributed by atoms with Crippen LogP contribution in [-0.2, 0) is 4.74 Å². The van der Waals surface area contributed by atoms with E-state index >= 15 is 0 Å². The van der Waals surface area contributed by atoms with Crippen molar-refractivity contribution in [2.24, 2.45) is 10.8 Å². The largest absolute Gasteiger partial charge is 0.493 e. The Morgan fingerprint density at radius 1 is 1.00 bits per heavy atom. The lowest BCUT2D eigenvalue weighted by Gasteiger charge is -2.28. The van der Waals surface area contributed by atoms with Crippen LogP contribution in [0.2, 0.25) is 0 Å². The molecule has 21 heavy (non-hydrogen) atoms. The van der Waals surface area contributed by atoms with Gasteiger partial charge in [-0.3, -0.25) is 4.79 Å². The molecule has 118 valence electrons. The third-order valence-electron chi connectivity index (χ3n) is 3.06. The predicted octanol–water partition coefficient (Wildman–Crippen LogP) is 2.94. The zero-order valence-corrected chi connectivity index (χ0v) is 13.4. The van der Waals surface area contributed by atoms with Gasteiger partial charge in [-0.15, -0.1) is 0 Å². The van der Waals surface area contributed by atoms with Crippen LogP contribution in [0.3, 0.4) is 0 Å². The molecule has 0 aliphatic heterocycles. The van der Waals surface area contributed by atoms with Gasteiger partial charge >= 0.3 is 0 Å². The first-order valence-corrected chi connectivity index (χ1v) is 7.15. The minimum Gasteiger partial charge on any atom is -0.493 e. The molecule has 1 N–H and O–H groups in total. The summed E-state index contributed by atoms with van der Waals surface area (Å²) in [4.78, 5) is 10.6. The van der Waals surface area contributed by atoms with Crippen molar-refractivity contribution in [1.82, 2.24) is 0 Å². The van der Waals surface area contributed by atoms with E-state index in [2.05, 4.69) is 13.8 Å². The van der Waals surface area contributed by atoms with E-state index in [-0.39, 0.29) is 17.4 Å². The van der Waals surface area contributed by atoms with E-state index < -0.39 is 0 Å². The molecule has 4 heteroatoms. The molecule has 0 aliphatic carbocycles. The highest BCUT2D eigenvalue weighted by atomic mass is 16.5. The first-order chi connectivity index (χ1) is 9.78. The zero-order valence-electron chi connectivity index (χ0n) is 13.4. The maximum atomic E-state index is 10.6. The quantitative estimate of drug-likeness (QED) is 0.711. The molecule has 1 aromatic rings. The number of ether oxygens (including phenoxy) is 2. The van der Waals surface area contributed by atoms with E-state index in [1.165, 1.54) is 0 Å². The molecule has 4 nitrogen and oxygen atoms in total. The van der Waals surface area contributed by atoms with Crippen LogP contribution in [0.25, 0.3) is 0 Å². The highest BCUT2D eigenvalue weighted by molar-refractivity contribution is 5.74. The molecule has 0 atom stereocenters. The van der Waals surface area contributed by atoms with Gasteiger partial charge in [-0.1, -0.05) is 27.7 Å². The predicted molar refractivity (Wildman–Crippen MR) is 82.8 cm³/mol. The van der Waals surface area contributed by atoms with Crippen molar-refractivity contribution in [2.75, 3.05) is 26.4 Å². The van der Waals surface area contributed by atoms with Gasteiger partial charge in [-0.05, 0) is 24.3 Å². The number of benzene rings is 1. The summed E-state index contributed by atoms with van der Waals surface area (Å²) in [6.07, 6.45) is 0.810. The van der Waals surface area contributed by atoms with Crippen molar-refractivity contribution in [3.8, 4) is 5.75 Å². The van der Waals surface area contributed by atoms with E-state index in [9.17, 15) is 9.90 Å². The molecule has 0 radical (unpaired) electrons. The first kappa shape index (κ1) is 17.7. The second kappa shape index (κ2) is 7.57. The maximum absolute atomic E-state index is 10.6. The van der Waals surface area contributed by atoms with Gasteiger partial charge in [0.1, 0.15) is 12.0 Å². The number of carbonyl (C=O) groups is 1. The van der Waals surface area contributed by atoms with Crippen LogP contribution in [0, 0.1) is 10.8 Å². The first-order valence-electron chi connectivity index (χ1n) is 7.15. The third-order valence-corrected chi connectivity index (χ3v) is 3.06. The van der Waals surface area contributed by atoms with Crippen LogP contribution in [0.4, 0.5) is 0 Å². The fraction of sp³-hybridized carbons (Fsp3) is 0.588. The summed E-state index contributed by atoms with van der Waals surface area (Å²) >= 11 is 0. The molecule has 0 aliphatic rings. The Balaban J connectivity index is 2.39. The topological polar surface area (TPSA) is 55.8 Å². The summed E-state index contributed by atoms with van der Waals surface area (Å²) in [7, 11) is 0. The minimum absolute atomic E-state index is 0.104. The lowest BCUT2D eigenvalue weighted by Crippen LogP contribution is -2.31. The number of aliphatic hydroxyl groups is 1. The highest BCUT2D eigenvalue weighted by Gasteiger charge is 2.22. The summed E-state index contributed by atoms with van der Waals surface area (Å²) < 4.78 is 11.4. The SMILES string of the molecule is CC(C)(CO)COCC(C)(C)COc1ccc(C=O)cc1. The maximum Gasteiger partial charge on any atom is 0.150 e. The Labute approximate surface area is 127 Å². The zero-order chi connectivity index (χ0) is 15.9. The van der Waals surface area contributed by atoms with Gasteiger partial charge in [0.05, 0.1) is 26.4 Å². The molecular formula is C17H26O4. The molecule has 0 amide bonds. The van der Waals surface area contributed by atoms with Gasteiger partial charge in [0.2, 0.25) is 0 Å². The standard InChI is InChI=1S/C17H26O4/c1-16(2,10-19)11-20-12-17(3,4)13-21-15-7-5-14(9-18)6-8-15/h5-9,19H,10-13H2,1-4H3. The van der Waals surface area contributed by atoms with Crippen molar-refractivity contribution in [2.45, 2.75) is 27.7 Å². The summed E-state index contributed by atoms with van der Waals surface area (Å²) in [6.45, 7) is 9.76. The van der Waals surface area contributed by atoms with Crippen LogP contribution >= 0.6 is 0 Å². The van der Waals surface area contributed by atoms with Crippen molar-refractivity contribution >= 4 is 6.29 Å². The number of rotatable bonds is 9. The molecular weight excluding hydrogens is 268 g/mol. The van der Waals surface area contributed by atoms with Gasteiger partial charge in [-0.25, -0.2) is 0 Å². The molecule has 0 saturated carbocycles.